The normalized spacial score (nSPS) is 11.0. The Kier molecular flexibility index (Phi) is 4.30. The lowest BCUT2D eigenvalue weighted by Crippen LogP contribution is -2.15. The highest BCUT2D eigenvalue weighted by molar-refractivity contribution is 7.98. The fourth-order valence-corrected chi connectivity index (χ4v) is 3.66. The van der Waals surface area contributed by atoms with Crippen molar-refractivity contribution in [3.8, 4) is 11.8 Å². The predicted molar refractivity (Wildman–Crippen MR) is 103 cm³/mol. The van der Waals surface area contributed by atoms with E-state index in [0.29, 0.717) is 22.7 Å². The smallest absolute Gasteiger partial charge is 0.272 e. The largest absolute Gasteiger partial charge is 0.295 e. The standard InChI is InChI=1S/C19H16N6OS/c1-12-3-4-16(7-13(12)2)24-6-5-21-19(24)27-11-15-8-17(26)25-18(23-15)14(9-20)10-22-25/h3-8,10,22H,11H2,1-2H3. The Bertz CT molecular complexity index is 1240. The van der Waals surface area contributed by atoms with Crippen molar-refractivity contribution < 1.29 is 0 Å². The summed E-state index contributed by atoms with van der Waals surface area (Å²) in [7, 11) is 0. The molecule has 0 radical (unpaired) electrons. The van der Waals surface area contributed by atoms with Crippen molar-refractivity contribution >= 4 is 17.4 Å². The highest BCUT2D eigenvalue weighted by atomic mass is 32.2. The van der Waals surface area contributed by atoms with Crippen molar-refractivity contribution in [2.75, 3.05) is 0 Å². The zero-order valence-corrected chi connectivity index (χ0v) is 15.6. The highest BCUT2D eigenvalue weighted by Gasteiger charge is 2.11. The van der Waals surface area contributed by atoms with E-state index in [9.17, 15) is 4.79 Å². The van der Waals surface area contributed by atoms with Gasteiger partial charge in [0.2, 0.25) is 0 Å². The summed E-state index contributed by atoms with van der Waals surface area (Å²) in [6, 6.07) is 9.78. The molecule has 4 rings (SSSR count). The third-order valence-corrected chi connectivity index (χ3v) is 5.40. The van der Waals surface area contributed by atoms with Gasteiger partial charge in [-0.2, -0.15) is 5.26 Å². The number of rotatable bonds is 4. The summed E-state index contributed by atoms with van der Waals surface area (Å²) in [5.74, 6) is 0.476. The van der Waals surface area contributed by atoms with E-state index in [4.69, 9.17) is 5.26 Å². The molecule has 0 aliphatic rings. The lowest BCUT2D eigenvalue weighted by molar-refractivity contribution is 0.881. The van der Waals surface area contributed by atoms with E-state index < -0.39 is 0 Å². The topological polar surface area (TPSA) is 91.8 Å². The summed E-state index contributed by atoms with van der Waals surface area (Å²) in [6.45, 7) is 4.17. The number of thioether (sulfide) groups is 1. The van der Waals surface area contributed by atoms with Crippen LogP contribution >= 0.6 is 11.8 Å². The number of nitrogens with zero attached hydrogens (tertiary/aromatic N) is 5. The molecule has 3 heterocycles. The van der Waals surface area contributed by atoms with E-state index in [-0.39, 0.29) is 5.56 Å². The molecule has 0 bridgehead atoms. The van der Waals surface area contributed by atoms with E-state index in [1.165, 1.54) is 39.7 Å². The van der Waals surface area contributed by atoms with Crippen LogP contribution in [0.2, 0.25) is 0 Å². The van der Waals surface area contributed by atoms with E-state index in [2.05, 4.69) is 47.1 Å². The van der Waals surface area contributed by atoms with Crippen LogP contribution in [0, 0.1) is 25.2 Å². The van der Waals surface area contributed by atoms with Crippen molar-refractivity contribution in [2.45, 2.75) is 24.8 Å². The number of fused-ring (bicyclic) bond motifs is 1. The highest BCUT2D eigenvalue weighted by Crippen LogP contribution is 2.24. The molecule has 4 aromatic rings. The van der Waals surface area contributed by atoms with Crippen molar-refractivity contribution in [1.82, 2.24) is 24.1 Å². The summed E-state index contributed by atoms with van der Waals surface area (Å²) in [5, 5.41) is 12.7. The lowest BCUT2D eigenvalue weighted by atomic mass is 10.1. The van der Waals surface area contributed by atoms with E-state index >= 15 is 0 Å². The number of benzene rings is 1. The Morgan fingerprint density at radius 3 is 2.89 bits per heavy atom. The molecule has 0 atom stereocenters. The van der Waals surface area contributed by atoms with Crippen LogP contribution in [0.15, 0.2) is 52.8 Å². The second-order valence-electron chi connectivity index (χ2n) is 6.18. The first-order valence-electron chi connectivity index (χ1n) is 8.31. The van der Waals surface area contributed by atoms with Crippen LogP contribution in [0.5, 0.6) is 0 Å². The molecular weight excluding hydrogens is 360 g/mol. The van der Waals surface area contributed by atoms with Crippen molar-refractivity contribution in [1.29, 1.82) is 5.26 Å². The summed E-state index contributed by atoms with van der Waals surface area (Å²) in [6.07, 6.45) is 5.15. The minimum absolute atomic E-state index is 0.241. The molecule has 0 amide bonds. The van der Waals surface area contributed by atoms with Crippen LogP contribution in [0.1, 0.15) is 22.4 Å². The molecule has 0 saturated carbocycles. The molecule has 0 aliphatic heterocycles. The minimum Gasteiger partial charge on any atom is -0.295 e. The van der Waals surface area contributed by atoms with Crippen LogP contribution in [-0.2, 0) is 5.75 Å². The van der Waals surface area contributed by atoms with Gasteiger partial charge in [0.15, 0.2) is 10.8 Å². The molecule has 1 N–H and O–H groups in total. The number of hydrogen-bond acceptors (Lipinski definition) is 5. The Labute approximate surface area is 159 Å². The van der Waals surface area contributed by atoms with Gasteiger partial charge >= 0.3 is 0 Å². The number of H-pyrrole nitrogens is 1. The molecule has 1 aromatic carbocycles. The number of aromatic nitrogens is 5. The Balaban J connectivity index is 1.63. The van der Waals surface area contributed by atoms with Crippen molar-refractivity contribution in [3.63, 3.8) is 0 Å². The Morgan fingerprint density at radius 2 is 2.11 bits per heavy atom. The van der Waals surface area contributed by atoms with Gasteiger partial charge < -0.3 is 0 Å². The predicted octanol–water partition coefficient (Wildman–Crippen LogP) is 2.99. The second kappa shape index (κ2) is 6.78. The van der Waals surface area contributed by atoms with Crippen LogP contribution in [0.3, 0.4) is 0 Å². The summed E-state index contributed by atoms with van der Waals surface area (Å²) in [4.78, 5) is 21.1. The summed E-state index contributed by atoms with van der Waals surface area (Å²) >= 11 is 1.49. The maximum atomic E-state index is 12.2. The molecule has 0 fully saturated rings. The molecule has 134 valence electrons. The number of imidazole rings is 1. The summed E-state index contributed by atoms with van der Waals surface area (Å²) < 4.78 is 3.28. The Hall–Kier alpha value is -3.31. The molecule has 0 saturated heterocycles. The monoisotopic (exact) mass is 376 g/mol. The first-order valence-corrected chi connectivity index (χ1v) is 9.29. The Morgan fingerprint density at radius 1 is 1.26 bits per heavy atom. The molecular formula is C19H16N6OS. The maximum Gasteiger partial charge on any atom is 0.272 e. The molecule has 0 aliphatic carbocycles. The van der Waals surface area contributed by atoms with Gasteiger partial charge in [-0.15, -0.1) is 0 Å². The fourth-order valence-electron chi connectivity index (χ4n) is 2.79. The SMILES string of the molecule is Cc1ccc(-n2ccnc2SCc2cc(=O)n3[nH]cc(C#N)c3n2)cc1C. The number of hydrogen-bond donors (Lipinski definition) is 1. The average Bonchev–Trinajstić information content (AvgIpc) is 3.29. The minimum atomic E-state index is -0.241. The number of nitrogens with one attached hydrogen (secondary N) is 1. The van der Waals surface area contributed by atoms with Gasteiger partial charge in [0, 0.05) is 36.1 Å². The van der Waals surface area contributed by atoms with Crippen LogP contribution in [0.4, 0.5) is 0 Å². The quantitative estimate of drug-likeness (QED) is 0.553. The van der Waals surface area contributed by atoms with Gasteiger partial charge in [0.1, 0.15) is 11.6 Å². The van der Waals surface area contributed by atoms with Crippen LogP contribution in [-0.4, -0.2) is 24.1 Å². The van der Waals surface area contributed by atoms with E-state index in [0.717, 1.165) is 10.8 Å². The first kappa shape index (κ1) is 17.1. The van der Waals surface area contributed by atoms with E-state index in [1.54, 1.807) is 6.20 Å². The molecule has 27 heavy (non-hydrogen) atoms. The fraction of sp³-hybridized carbons (Fsp3) is 0.158. The zero-order valence-electron chi connectivity index (χ0n) is 14.8. The lowest BCUT2D eigenvalue weighted by Gasteiger charge is -2.09. The third-order valence-electron chi connectivity index (χ3n) is 4.40. The zero-order chi connectivity index (χ0) is 19.0. The molecule has 0 spiro atoms. The van der Waals surface area contributed by atoms with Crippen molar-refractivity contribution in [2.24, 2.45) is 0 Å². The van der Waals surface area contributed by atoms with Crippen molar-refractivity contribution in [3.05, 3.63) is 75.6 Å². The molecule has 8 heteroatoms. The van der Waals surface area contributed by atoms with Gasteiger partial charge in [0.05, 0.1) is 5.69 Å². The number of aromatic amines is 1. The van der Waals surface area contributed by atoms with Gasteiger partial charge in [-0.05, 0) is 37.1 Å². The van der Waals surface area contributed by atoms with Crippen LogP contribution in [0.25, 0.3) is 11.3 Å². The summed E-state index contributed by atoms with van der Waals surface area (Å²) in [5.41, 5.74) is 4.55. The molecule has 0 unspecified atom stereocenters. The second-order valence-corrected chi connectivity index (χ2v) is 7.12. The van der Waals surface area contributed by atoms with Gasteiger partial charge in [-0.25, -0.2) is 14.5 Å². The maximum absolute atomic E-state index is 12.2. The van der Waals surface area contributed by atoms with Crippen LogP contribution < -0.4 is 5.56 Å². The molecule has 3 aromatic heterocycles. The molecule has 7 nitrogen and oxygen atoms in total. The average molecular weight is 376 g/mol. The third kappa shape index (κ3) is 3.13. The van der Waals surface area contributed by atoms with Gasteiger partial charge in [-0.3, -0.25) is 14.5 Å². The van der Waals surface area contributed by atoms with Gasteiger partial charge in [-0.1, -0.05) is 17.8 Å². The number of nitriles is 1. The number of aryl methyl sites for hydroxylation is 2. The van der Waals surface area contributed by atoms with Gasteiger partial charge in [0.25, 0.3) is 5.56 Å². The van der Waals surface area contributed by atoms with E-state index in [1.807, 2.05) is 16.8 Å². The first-order chi connectivity index (χ1) is 13.1.